The van der Waals surface area contributed by atoms with Gasteiger partial charge < -0.3 is 5.32 Å². The molecule has 0 radical (unpaired) electrons. The van der Waals surface area contributed by atoms with Crippen LogP contribution in [0.3, 0.4) is 0 Å². The quantitative estimate of drug-likeness (QED) is 0.762. The van der Waals surface area contributed by atoms with Crippen LogP contribution in [0.25, 0.3) is 0 Å². The van der Waals surface area contributed by atoms with Crippen LogP contribution in [0, 0.1) is 23.2 Å². The summed E-state index contributed by atoms with van der Waals surface area (Å²) < 4.78 is 0. The summed E-state index contributed by atoms with van der Waals surface area (Å²) >= 11 is 0. The standard InChI is InChI=1S/C15H21N3/c16-10-12-1-2-13-5-8-18(11-14(13)9-12)15-3-6-17-7-4-15/h1-2,9,13-15,17H,3-8,11H2. The van der Waals surface area contributed by atoms with Gasteiger partial charge in [-0.05, 0) is 56.8 Å². The fourth-order valence-electron chi connectivity index (χ4n) is 3.53. The van der Waals surface area contributed by atoms with E-state index in [1.54, 1.807) is 0 Å². The Hall–Kier alpha value is -1.11. The Bertz CT molecular complexity index is 398. The molecular weight excluding hydrogens is 222 g/mol. The van der Waals surface area contributed by atoms with Gasteiger partial charge in [0.25, 0.3) is 0 Å². The first-order valence-electron chi connectivity index (χ1n) is 7.12. The SMILES string of the molecule is N#CC1=CC2CN(C3CCNCC3)CCC2C=C1. The number of nitrogens with zero attached hydrogens (tertiary/aromatic N) is 2. The second kappa shape index (κ2) is 5.26. The lowest BCUT2D eigenvalue weighted by Gasteiger charge is -2.42. The largest absolute Gasteiger partial charge is 0.317 e. The molecule has 0 aromatic carbocycles. The Balaban J connectivity index is 1.66. The molecule has 0 aromatic rings. The van der Waals surface area contributed by atoms with E-state index in [0.717, 1.165) is 31.2 Å². The van der Waals surface area contributed by atoms with Crippen LogP contribution in [0.1, 0.15) is 19.3 Å². The molecule has 0 bridgehead atoms. The number of likely N-dealkylation sites (tertiary alicyclic amines) is 1. The van der Waals surface area contributed by atoms with Gasteiger partial charge in [0.1, 0.15) is 0 Å². The third-order valence-electron chi connectivity index (χ3n) is 4.62. The van der Waals surface area contributed by atoms with Gasteiger partial charge in [-0.25, -0.2) is 0 Å². The highest BCUT2D eigenvalue weighted by atomic mass is 15.2. The third-order valence-corrected chi connectivity index (χ3v) is 4.62. The van der Waals surface area contributed by atoms with Gasteiger partial charge in [-0.2, -0.15) is 5.26 Å². The second-order valence-electron chi connectivity index (χ2n) is 5.69. The molecule has 0 aromatic heterocycles. The fourth-order valence-corrected chi connectivity index (χ4v) is 3.53. The Morgan fingerprint density at radius 1 is 1.22 bits per heavy atom. The molecule has 2 aliphatic heterocycles. The van der Waals surface area contributed by atoms with E-state index in [2.05, 4.69) is 28.4 Å². The van der Waals surface area contributed by atoms with Crippen molar-refractivity contribution in [3.05, 3.63) is 23.8 Å². The Morgan fingerprint density at radius 2 is 2.06 bits per heavy atom. The first-order chi connectivity index (χ1) is 8.86. The van der Waals surface area contributed by atoms with Gasteiger partial charge in [0.15, 0.2) is 0 Å². The molecule has 2 atom stereocenters. The van der Waals surface area contributed by atoms with Crippen molar-refractivity contribution in [2.45, 2.75) is 25.3 Å². The van der Waals surface area contributed by atoms with Gasteiger partial charge in [0.05, 0.1) is 6.07 Å². The Morgan fingerprint density at radius 3 is 2.83 bits per heavy atom. The maximum atomic E-state index is 9.00. The van der Waals surface area contributed by atoms with E-state index in [9.17, 15) is 0 Å². The molecule has 2 fully saturated rings. The predicted octanol–water partition coefficient (Wildman–Crippen LogP) is 1.70. The highest BCUT2D eigenvalue weighted by Gasteiger charge is 2.32. The molecule has 3 heteroatoms. The number of piperidine rings is 2. The first-order valence-corrected chi connectivity index (χ1v) is 7.12. The number of hydrogen-bond donors (Lipinski definition) is 1. The van der Waals surface area contributed by atoms with Gasteiger partial charge in [0, 0.05) is 18.2 Å². The lowest BCUT2D eigenvalue weighted by atomic mass is 9.80. The van der Waals surface area contributed by atoms with Gasteiger partial charge in [-0.3, -0.25) is 4.90 Å². The summed E-state index contributed by atoms with van der Waals surface area (Å²) in [5.74, 6) is 1.23. The van der Waals surface area contributed by atoms with Crippen molar-refractivity contribution < 1.29 is 0 Å². The lowest BCUT2D eigenvalue weighted by Crippen LogP contribution is -2.49. The summed E-state index contributed by atoms with van der Waals surface area (Å²) in [6.07, 6.45) is 10.3. The minimum atomic E-state index is 0.563. The summed E-state index contributed by atoms with van der Waals surface area (Å²) in [5, 5.41) is 12.4. The van der Waals surface area contributed by atoms with Crippen molar-refractivity contribution >= 4 is 0 Å². The average Bonchev–Trinajstić information content (AvgIpc) is 2.47. The van der Waals surface area contributed by atoms with Crippen molar-refractivity contribution in [2.75, 3.05) is 26.2 Å². The Kier molecular flexibility index (Phi) is 3.49. The van der Waals surface area contributed by atoms with Crippen molar-refractivity contribution in [1.82, 2.24) is 10.2 Å². The number of fused-ring (bicyclic) bond motifs is 1. The summed E-state index contributed by atoms with van der Waals surface area (Å²) in [7, 11) is 0. The molecule has 2 saturated heterocycles. The normalized spacial score (nSPS) is 33.6. The van der Waals surface area contributed by atoms with Crippen LogP contribution in [0.4, 0.5) is 0 Å². The van der Waals surface area contributed by atoms with E-state index in [0.29, 0.717) is 11.8 Å². The molecule has 1 aliphatic carbocycles. The molecule has 2 heterocycles. The lowest BCUT2D eigenvalue weighted by molar-refractivity contribution is 0.0965. The number of hydrogen-bond acceptors (Lipinski definition) is 3. The molecule has 96 valence electrons. The molecule has 0 amide bonds. The second-order valence-corrected chi connectivity index (χ2v) is 5.69. The van der Waals surface area contributed by atoms with Gasteiger partial charge in [-0.1, -0.05) is 12.2 Å². The zero-order chi connectivity index (χ0) is 12.4. The topological polar surface area (TPSA) is 39.1 Å². The van der Waals surface area contributed by atoms with Crippen LogP contribution in [0.2, 0.25) is 0 Å². The maximum Gasteiger partial charge on any atom is 0.0988 e. The Labute approximate surface area is 109 Å². The molecule has 3 nitrogen and oxygen atoms in total. The van der Waals surface area contributed by atoms with Crippen molar-refractivity contribution in [3.8, 4) is 6.07 Å². The summed E-state index contributed by atoms with van der Waals surface area (Å²) in [5.41, 5.74) is 0.850. The zero-order valence-corrected chi connectivity index (χ0v) is 10.8. The highest BCUT2D eigenvalue weighted by Crippen LogP contribution is 2.32. The number of nitrogens with one attached hydrogen (secondary N) is 1. The molecule has 0 saturated carbocycles. The molecule has 1 N–H and O–H groups in total. The minimum Gasteiger partial charge on any atom is -0.317 e. The van der Waals surface area contributed by atoms with Crippen LogP contribution < -0.4 is 5.32 Å². The van der Waals surface area contributed by atoms with E-state index in [-0.39, 0.29) is 0 Å². The zero-order valence-electron chi connectivity index (χ0n) is 10.8. The minimum absolute atomic E-state index is 0.563. The number of nitriles is 1. The number of rotatable bonds is 1. The third kappa shape index (κ3) is 2.36. The number of allylic oxidation sites excluding steroid dienone is 3. The van der Waals surface area contributed by atoms with E-state index in [1.807, 2.05) is 6.08 Å². The van der Waals surface area contributed by atoms with Crippen LogP contribution in [-0.2, 0) is 0 Å². The molecule has 3 aliphatic rings. The van der Waals surface area contributed by atoms with Crippen molar-refractivity contribution in [3.63, 3.8) is 0 Å². The fraction of sp³-hybridized carbons (Fsp3) is 0.667. The van der Waals surface area contributed by atoms with Gasteiger partial charge >= 0.3 is 0 Å². The van der Waals surface area contributed by atoms with E-state index in [1.165, 1.54) is 25.8 Å². The molecule has 0 spiro atoms. The van der Waals surface area contributed by atoms with Gasteiger partial charge in [-0.15, -0.1) is 0 Å². The monoisotopic (exact) mass is 243 g/mol. The van der Waals surface area contributed by atoms with Crippen LogP contribution in [0.5, 0.6) is 0 Å². The van der Waals surface area contributed by atoms with E-state index in [4.69, 9.17) is 5.26 Å². The molecule has 18 heavy (non-hydrogen) atoms. The molecule has 2 unspecified atom stereocenters. The van der Waals surface area contributed by atoms with E-state index < -0.39 is 0 Å². The summed E-state index contributed by atoms with van der Waals surface area (Å²) in [6.45, 7) is 4.69. The first kappa shape index (κ1) is 12.0. The van der Waals surface area contributed by atoms with Crippen molar-refractivity contribution in [2.24, 2.45) is 11.8 Å². The van der Waals surface area contributed by atoms with Crippen molar-refractivity contribution in [1.29, 1.82) is 5.26 Å². The summed E-state index contributed by atoms with van der Waals surface area (Å²) in [4.78, 5) is 2.66. The predicted molar refractivity (Wildman–Crippen MR) is 71.9 cm³/mol. The maximum absolute atomic E-state index is 9.00. The van der Waals surface area contributed by atoms with E-state index >= 15 is 0 Å². The molecular formula is C15H21N3. The van der Waals surface area contributed by atoms with Crippen LogP contribution in [0.15, 0.2) is 23.8 Å². The van der Waals surface area contributed by atoms with Gasteiger partial charge in [0.2, 0.25) is 0 Å². The van der Waals surface area contributed by atoms with Crippen LogP contribution in [-0.4, -0.2) is 37.1 Å². The molecule has 3 rings (SSSR count). The highest BCUT2D eigenvalue weighted by molar-refractivity contribution is 5.37. The smallest absolute Gasteiger partial charge is 0.0988 e. The average molecular weight is 243 g/mol. The summed E-state index contributed by atoms with van der Waals surface area (Å²) in [6, 6.07) is 3.04. The van der Waals surface area contributed by atoms with Crippen LogP contribution >= 0.6 is 0 Å².